The van der Waals surface area contributed by atoms with E-state index in [-0.39, 0.29) is 53.0 Å². The van der Waals surface area contributed by atoms with E-state index in [1.807, 2.05) is 13.8 Å². The van der Waals surface area contributed by atoms with Crippen molar-refractivity contribution in [1.82, 2.24) is 14.9 Å². The average molecular weight is 703 g/mol. The van der Waals surface area contributed by atoms with Gasteiger partial charge in [0.05, 0.1) is 19.0 Å². The number of nitrogens with two attached hydrogens (primary N) is 2. The highest BCUT2D eigenvalue weighted by Crippen LogP contribution is 2.39. The Kier molecular flexibility index (Phi) is 11.7. The van der Waals surface area contributed by atoms with Gasteiger partial charge in [-0.2, -0.15) is 0 Å². The number of aliphatic carboxylic acids is 1. The van der Waals surface area contributed by atoms with Crippen LogP contribution in [0.15, 0.2) is 70.9 Å². The number of aliphatic imine (C=N–C) groups is 1. The average Bonchev–Trinajstić information content (AvgIpc) is 3.47. The highest BCUT2D eigenvalue weighted by Gasteiger charge is 2.31. The van der Waals surface area contributed by atoms with Gasteiger partial charge >= 0.3 is 5.97 Å². The standard InChI is InChI=1S/C33H34ClF3N6O4S/c1-33(2,19-6-11-24(36)27(15-19)47-3)28-16-41-32(43(28)21-9-7-20(35)8-10-21)48-17-22-23(34)13-18(14-25(22)37)29(44)42-26(30(45)46)5-4-12-40-31(38)39/h6-11,13-16,26H,4-5,12,17H2,1-3H3,(H,42,44)(H,45,46)(H4,38,39,40). The van der Waals surface area contributed by atoms with Crippen LogP contribution in [-0.2, 0) is 16.0 Å². The Bertz CT molecular complexity index is 1810. The fourth-order valence-corrected chi connectivity index (χ4v) is 6.31. The summed E-state index contributed by atoms with van der Waals surface area (Å²) < 4.78 is 50.5. The molecule has 0 aliphatic carbocycles. The predicted molar refractivity (Wildman–Crippen MR) is 178 cm³/mol. The summed E-state index contributed by atoms with van der Waals surface area (Å²) in [5.74, 6) is -3.88. The molecule has 1 heterocycles. The number of nitrogens with one attached hydrogen (secondary N) is 1. The van der Waals surface area contributed by atoms with Gasteiger partial charge in [0, 0.05) is 39.5 Å². The third-order valence-electron chi connectivity index (χ3n) is 7.62. The predicted octanol–water partition coefficient (Wildman–Crippen LogP) is 5.81. The molecule has 48 heavy (non-hydrogen) atoms. The Labute approximate surface area is 284 Å². The molecule has 4 aromatic rings. The summed E-state index contributed by atoms with van der Waals surface area (Å²) in [5.41, 5.74) is 11.7. The van der Waals surface area contributed by atoms with Crippen molar-refractivity contribution in [3.63, 3.8) is 0 Å². The highest BCUT2D eigenvalue weighted by molar-refractivity contribution is 7.98. The van der Waals surface area contributed by atoms with Crippen molar-refractivity contribution in [3.05, 3.63) is 106 Å². The van der Waals surface area contributed by atoms with E-state index < -0.39 is 40.8 Å². The lowest BCUT2D eigenvalue weighted by atomic mass is 9.81. The van der Waals surface area contributed by atoms with Crippen LogP contribution in [0.2, 0.25) is 5.02 Å². The largest absolute Gasteiger partial charge is 0.494 e. The van der Waals surface area contributed by atoms with Crippen LogP contribution in [0.5, 0.6) is 5.75 Å². The van der Waals surface area contributed by atoms with Gasteiger partial charge in [0.1, 0.15) is 17.7 Å². The maximum atomic E-state index is 15.4. The van der Waals surface area contributed by atoms with Crippen LogP contribution in [0.3, 0.4) is 0 Å². The number of halogens is 4. The maximum absolute atomic E-state index is 15.4. The van der Waals surface area contributed by atoms with Crippen LogP contribution in [0.4, 0.5) is 13.2 Å². The molecular weight excluding hydrogens is 669 g/mol. The first-order valence-corrected chi connectivity index (χ1v) is 16.0. The number of carboxylic acid groups (broad SMARTS) is 1. The zero-order chi connectivity index (χ0) is 35.2. The van der Waals surface area contributed by atoms with Crippen molar-refractivity contribution in [2.24, 2.45) is 16.5 Å². The van der Waals surface area contributed by atoms with E-state index in [1.54, 1.807) is 35.0 Å². The maximum Gasteiger partial charge on any atom is 0.326 e. The van der Waals surface area contributed by atoms with Crippen molar-refractivity contribution < 1.29 is 32.6 Å². The van der Waals surface area contributed by atoms with Crippen LogP contribution in [0.1, 0.15) is 53.9 Å². The van der Waals surface area contributed by atoms with Crippen molar-refractivity contribution in [2.45, 2.75) is 49.1 Å². The van der Waals surface area contributed by atoms with Crippen molar-refractivity contribution >= 4 is 41.2 Å². The third kappa shape index (κ3) is 8.42. The minimum absolute atomic E-state index is 0.00242. The fourth-order valence-electron chi connectivity index (χ4n) is 4.92. The first kappa shape index (κ1) is 36.2. The number of methoxy groups -OCH3 is 1. The summed E-state index contributed by atoms with van der Waals surface area (Å²) in [6, 6.07) is 11.3. The quantitative estimate of drug-likeness (QED) is 0.0555. The zero-order valence-electron chi connectivity index (χ0n) is 26.3. The van der Waals surface area contributed by atoms with Crippen molar-refractivity contribution in [1.29, 1.82) is 0 Å². The van der Waals surface area contributed by atoms with E-state index in [0.29, 0.717) is 16.5 Å². The first-order chi connectivity index (χ1) is 22.7. The van der Waals surface area contributed by atoms with Gasteiger partial charge in [-0.05, 0) is 66.9 Å². The SMILES string of the molecule is COc1cc(C(C)(C)c2cnc(SCc3c(F)cc(C(=O)NC(CCCN=C(N)N)C(=O)O)cc3Cl)n2-c2ccc(F)cc2)ccc1F. The van der Waals surface area contributed by atoms with Gasteiger partial charge in [-0.15, -0.1) is 0 Å². The second kappa shape index (κ2) is 15.5. The number of carbonyl (C=O) groups excluding carboxylic acids is 1. The Morgan fingerprint density at radius 2 is 1.81 bits per heavy atom. The number of carbonyl (C=O) groups is 2. The van der Waals surface area contributed by atoms with E-state index in [4.69, 9.17) is 27.8 Å². The molecule has 10 nitrogen and oxygen atoms in total. The molecule has 4 rings (SSSR count). The van der Waals surface area contributed by atoms with Gasteiger partial charge in [0.2, 0.25) is 0 Å². The van der Waals surface area contributed by atoms with Gasteiger partial charge in [-0.3, -0.25) is 14.4 Å². The number of thioether (sulfide) groups is 1. The van der Waals surface area contributed by atoms with Crippen LogP contribution < -0.4 is 21.5 Å². The Morgan fingerprint density at radius 1 is 1.10 bits per heavy atom. The molecule has 0 spiro atoms. The summed E-state index contributed by atoms with van der Waals surface area (Å²) in [4.78, 5) is 32.9. The number of guanidine groups is 1. The summed E-state index contributed by atoms with van der Waals surface area (Å²) in [5, 5.41) is 12.3. The molecule has 0 aliphatic heterocycles. The normalized spacial score (nSPS) is 12.0. The van der Waals surface area contributed by atoms with E-state index in [1.165, 1.54) is 31.4 Å². The minimum Gasteiger partial charge on any atom is -0.494 e. The number of amides is 1. The molecule has 1 unspecified atom stereocenters. The van der Waals surface area contributed by atoms with Crippen molar-refractivity contribution in [2.75, 3.05) is 13.7 Å². The molecule has 0 fully saturated rings. The minimum atomic E-state index is -1.27. The molecule has 15 heteroatoms. The molecule has 3 aromatic carbocycles. The lowest BCUT2D eigenvalue weighted by molar-refractivity contribution is -0.139. The molecule has 1 aromatic heterocycles. The molecule has 0 bridgehead atoms. The second-order valence-electron chi connectivity index (χ2n) is 11.2. The van der Waals surface area contributed by atoms with E-state index in [9.17, 15) is 23.5 Å². The van der Waals surface area contributed by atoms with Crippen molar-refractivity contribution in [3.8, 4) is 11.4 Å². The Morgan fingerprint density at radius 3 is 2.44 bits per heavy atom. The lowest BCUT2D eigenvalue weighted by Gasteiger charge is -2.28. The van der Waals surface area contributed by atoms with Gasteiger partial charge in [-0.25, -0.2) is 22.9 Å². The van der Waals surface area contributed by atoms with Crippen LogP contribution in [-0.4, -0.2) is 52.2 Å². The van der Waals surface area contributed by atoms with E-state index >= 15 is 4.39 Å². The summed E-state index contributed by atoms with van der Waals surface area (Å²) >= 11 is 7.60. The van der Waals surface area contributed by atoms with Crippen LogP contribution >= 0.6 is 23.4 Å². The summed E-state index contributed by atoms with van der Waals surface area (Å²) in [6.07, 6.45) is 1.96. The van der Waals surface area contributed by atoms with Gasteiger partial charge in [0.25, 0.3) is 5.91 Å². The summed E-state index contributed by atoms with van der Waals surface area (Å²) in [7, 11) is 1.38. The zero-order valence-corrected chi connectivity index (χ0v) is 27.8. The number of aromatic nitrogens is 2. The number of hydrogen-bond acceptors (Lipinski definition) is 6. The number of rotatable bonds is 14. The smallest absolute Gasteiger partial charge is 0.326 e. The number of benzene rings is 3. The van der Waals surface area contributed by atoms with E-state index in [2.05, 4.69) is 15.3 Å². The Balaban J connectivity index is 1.60. The van der Waals surface area contributed by atoms with Crippen LogP contribution in [0.25, 0.3) is 5.69 Å². The molecule has 254 valence electrons. The first-order valence-electron chi connectivity index (χ1n) is 14.6. The lowest BCUT2D eigenvalue weighted by Crippen LogP contribution is -2.41. The summed E-state index contributed by atoms with van der Waals surface area (Å²) in [6.45, 7) is 4.02. The molecule has 1 amide bonds. The monoisotopic (exact) mass is 702 g/mol. The number of imidazole rings is 1. The number of carboxylic acids is 1. The van der Waals surface area contributed by atoms with Crippen LogP contribution in [0, 0.1) is 17.5 Å². The number of nitrogens with zero attached hydrogens (tertiary/aromatic N) is 3. The van der Waals surface area contributed by atoms with Gasteiger partial charge in [-0.1, -0.05) is 43.3 Å². The van der Waals surface area contributed by atoms with Gasteiger partial charge in [0.15, 0.2) is 22.7 Å². The molecular formula is C33H34ClF3N6O4S. The number of hydrogen-bond donors (Lipinski definition) is 4. The second-order valence-corrected chi connectivity index (χ2v) is 12.6. The van der Waals surface area contributed by atoms with E-state index in [0.717, 1.165) is 23.4 Å². The molecule has 0 radical (unpaired) electrons. The topological polar surface area (TPSA) is 158 Å². The molecule has 0 saturated heterocycles. The Hall–Kier alpha value is -4.69. The molecule has 1 atom stereocenters. The third-order valence-corrected chi connectivity index (χ3v) is 8.94. The number of ether oxygens (including phenoxy) is 1. The highest BCUT2D eigenvalue weighted by atomic mass is 35.5. The fraction of sp³-hybridized carbons (Fsp3) is 0.273. The molecule has 0 saturated carbocycles. The molecule has 6 N–H and O–H groups in total. The van der Waals surface area contributed by atoms with Gasteiger partial charge < -0.3 is 26.6 Å². The molecule has 0 aliphatic rings.